The van der Waals surface area contributed by atoms with E-state index in [-0.39, 0.29) is 0 Å². The van der Waals surface area contributed by atoms with Gasteiger partial charge in [0.15, 0.2) is 0 Å². The van der Waals surface area contributed by atoms with Crippen LogP contribution in [-0.2, 0) is 17.1 Å². The van der Waals surface area contributed by atoms with Gasteiger partial charge in [0.25, 0.3) is 0 Å². The van der Waals surface area contributed by atoms with E-state index in [1.54, 1.807) is 18.0 Å². The molecule has 0 bridgehead atoms. The second-order valence-electron chi connectivity index (χ2n) is 4.70. The van der Waals surface area contributed by atoms with Crippen molar-refractivity contribution in [3.8, 4) is 0 Å². The first kappa shape index (κ1) is 15.2. The van der Waals surface area contributed by atoms with Crippen molar-refractivity contribution in [1.82, 2.24) is 0 Å². The highest BCUT2D eigenvalue weighted by atomic mass is 32.2. The van der Waals surface area contributed by atoms with Crippen LogP contribution in [0.15, 0.2) is 47.1 Å². The molecule has 1 heterocycles. The molecule has 4 heteroatoms. The third-order valence-electron chi connectivity index (χ3n) is 2.93. The number of rotatable bonds is 8. The number of hydrogen-bond acceptors (Lipinski definition) is 4. The second-order valence-corrected chi connectivity index (χ2v) is 5.73. The van der Waals surface area contributed by atoms with Gasteiger partial charge in [0.2, 0.25) is 0 Å². The number of aryl methyl sites for hydroxylation is 1. The smallest absolute Gasteiger partial charge is 0.116 e. The van der Waals surface area contributed by atoms with Crippen molar-refractivity contribution in [2.45, 2.75) is 25.4 Å². The number of hydrogen-bond donors (Lipinski definition) is 1. The van der Waals surface area contributed by atoms with Gasteiger partial charge in [-0.2, -0.15) is 11.8 Å². The van der Waals surface area contributed by atoms with Crippen LogP contribution < -0.4 is 0 Å². The summed E-state index contributed by atoms with van der Waals surface area (Å²) in [5.74, 6) is 2.41. The van der Waals surface area contributed by atoms with Gasteiger partial charge in [-0.05, 0) is 24.1 Å². The number of benzene rings is 1. The Labute approximate surface area is 124 Å². The van der Waals surface area contributed by atoms with Crippen molar-refractivity contribution < 1.29 is 14.3 Å². The van der Waals surface area contributed by atoms with E-state index in [4.69, 9.17) is 9.15 Å². The van der Waals surface area contributed by atoms with Crippen molar-refractivity contribution in [3.63, 3.8) is 0 Å². The summed E-state index contributed by atoms with van der Waals surface area (Å²) < 4.78 is 10.9. The van der Waals surface area contributed by atoms with E-state index in [9.17, 15) is 5.11 Å². The molecule has 1 aromatic carbocycles. The summed E-state index contributed by atoms with van der Waals surface area (Å²) in [4.78, 5) is 0. The Morgan fingerprint density at radius 2 is 2.05 bits per heavy atom. The summed E-state index contributed by atoms with van der Waals surface area (Å²) in [6.45, 7) is 2.93. The van der Waals surface area contributed by atoms with Crippen molar-refractivity contribution in [2.75, 3.05) is 12.4 Å². The van der Waals surface area contributed by atoms with Gasteiger partial charge >= 0.3 is 0 Å². The molecule has 3 nitrogen and oxygen atoms in total. The van der Waals surface area contributed by atoms with Crippen LogP contribution in [0.5, 0.6) is 0 Å². The molecule has 20 heavy (non-hydrogen) atoms. The lowest BCUT2D eigenvalue weighted by atomic mass is 10.2. The maximum Gasteiger partial charge on any atom is 0.116 e. The third kappa shape index (κ3) is 5.04. The monoisotopic (exact) mass is 292 g/mol. The molecule has 1 atom stereocenters. The second kappa shape index (κ2) is 8.15. The normalized spacial score (nSPS) is 12.5. The third-order valence-corrected chi connectivity index (χ3v) is 4.02. The van der Waals surface area contributed by atoms with Crippen LogP contribution in [0.1, 0.15) is 16.9 Å². The summed E-state index contributed by atoms with van der Waals surface area (Å²) in [7, 11) is 0. The van der Waals surface area contributed by atoms with Crippen molar-refractivity contribution in [3.05, 3.63) is 59.5 Å². The van der Waals surface area contributed by atoms with Crippen molar-refractivity contribution in [1.29, 1.82) is 0 Å². The van der Waals surface area contributed by atoms with Crippen LogP contribution in [-0.4, -0.2) is 23.6 Å². The van der Waals surface area contributed by atoms with Gasteiger partial charge in [0.1, 0.15) is 5.76 Å². The zero-order valence-electron chi connectivity index (χ0n) is 11.6. The van der Waals surface area contributed by atoms with Gasteiger partial charge in [-0.15, -0.1) is 0 Å². The van der Waals surface area contributed by atoms with E-state index in [2.05, 4.69) is 0 Å². The Morgan fingerprint density at radius 1 is 1.25 bits per heavy atom. The molecule has 0 fully saturated rings. The van der Waals surface area contributed by atoms with Gasteiger partial charge in [-0.1, -0.05) is 30.3 Å². The minimum absolute atomic E-state index is 0.360. The predicted octanol–water partition coefficient (Wildman–Crippen LogP) is 3.40. The van der Waals surface area contributed by atoms with Gasteiger partial charge < -0.3 is 14.3 Å². The molecule has 108 valence electrons. The molecule has 0 saturated heterocycles. The lowest BCUT2D eigenvalue weighted by molar-refractivity contribution is 0.0398. The summed E-state index contributed by atoms with van der Waals surface area (Å²) in [5.41, 5.74) is 2.28. The summed E-state index contributed by atoms with van der Waals surface area (Å²) in [5, 5.41) is 9.85. The van der Waals surface area contributed by atoms with Crippen LogP contribution >= 0.6 is 11.8 Å². The molecule has 1 aromatic heterocycles. The molecule has 0 amide bonds. The average molecular weight is 292 g/mol. The highest BCUT2D eigenvalue weighted by molar-refractivity contribution is 7.98. The average Bonchev–Trinajstić information content (AvgIpc) is 2.86. The number of thioether (sulfide) groups is 1. The molecule has 1 unspecified atom stereocenters. The van der Waals surface area contributed by atoms with Gasteiger partial charge in [0, 0.05) is 5.75 Å². The van der Waals surface area contributed by atoms with Crippen LogP contribution in [0.4, 0.5) is 0 Å². The lowest BCUT2D eigenvalue weighted by Gasteiger charge is -2.10. The van der Waals surface area contributed by atoms with Crippen LogP contribution in [0.3, 0.4) is 0 Å². The van der Waals surface area contributed by atoms with Crippen LogP contribution in [0.25, 0.3) is 0 Å². The van der Waals surface area contributed by atoms with Gasteiger partial charge in [-0.3, -0.25) is 0 Å². The first-order chi connectivity index (χ1) is 9.75. The standard InChI is InChI=1S/C16H20O3S/c1-13-7-8-19-16(13)12-20-11-15(17)10-18-9-14-5-3-2-4-6-14/h2-8,15,17H,9-12H2,1H3. The Bertz CT molecular complexity index is 495. The van der Waals surface area contributed by atoms with Gasteiger partial charge in [-0.25, -0.2) is 0 Å². The molecule has 0 spiro atoms. The molecule has 2 rings (SSSR count). The van der Waals surface area contributed by atoms with Crippen molar-refractivity contribution >= 4 is 11.8 Å². The highest BCUT2D eigenvalue weighted by Crippen LogP contribution is 2.17. The summed E-state index contributed by atoms with van der Waals surface area (Å²) in [6, 6.07) is 11.9. The fraction of sp³-hybridized carbons (Fsp3) is 0.375. The number of ether oxygens (including phenoxy) is 1. The molecule has 0 radical (unpaired) electrons. The van der Waals surface area contributed by atoms with E-state index in [1.165, 1.54) is 0 Å². The first-order valence-corrected chi connectivity index (χ1v) is 7.81. The topological polar surface area (TPSA) is 42.6 Å². The summed E-state index contributed by atoms with van der Waals surface area (Å²) >= 11 is 1.66. The molecule has 0 saturated carbocycles. The largest absolute Gasteiger partial charge is 0.468 e. The number of furan rings is 1. The van der Waals surface area contributed by atoms with Crippen LogP contribution in [0, 0.1) is 6.92 Å². The summed E-state index contributed by atoms with van der Waals surface area (Å²) in [6.07, 6.45) is 1.25. The van der Waals surface area contributed by atoms with E-state index >= 15 is 0 Å². The SMILES string of the molecule is Cc1ccoc1CSCC(O)COCc1ccccc1. The quantitative estimate of drug-likeness (QED) is 0.810. The first-order valence-electron chi connectivity index (χ1n) is 6.66. The Balaban J connectivity index is 1.59. The predicted molar refractivity (Wildman–Crippen MR) is 81.7 cm³/mol. The van der Waals surface area contributed by atoms with E-state index in [0.717, 1.165) is 22.6 Å². The molecule has 0 aliphatic rings. The minimum atomic E-state index is -0.445. The van der Waals surface area contributed by atoms with E-state index in [1.807, 2.05) is 43.3 Å². The van der Waals surface area contributed by atoms with E-state index in [0.29, 0.717) is 19.0 Å². The molecule has 0 aliphatic carbocycles. The van der Waals surface area contributed by atoms with Gasteiger partial charge in [0.05, 0.1) is 31.3 Å². The molecular weight excluding hydrogens is 272 g/mol. The van der Waals surface area contributed by atoms with Crippen molar-refractivity contribution in [2.24, 2.45) is 0 Å². The number of aliphatic hydroxyl groups excluding tert-OH is 1. The Kier molecular flexibility index (Phi) is 6.18. The fourth-order valence-electron chi connectivity index (χ4n) is 1.77. The zero-order valence-corrected chi connectivity index (χ0v) is 12.4. The minimum Gasteiger partial charge on any atom is -0.468 e. The Morgan fingerprint density at radius 3 is 2.75 bits per heavy atom. The maximum absolute atomic E-state index is 9.85. The Hall–Kier alpha value is -1.23. The highest BCUT2D eigenvalue weighted by Gasteiger charge is 2.07. The zero-order chi connectivity index (χ0) is 14.2. The molecular formula is C16H20O3S. The maximum atomic E-state index is 9.85. The molecule has 0 aliphatic heterocycles. The molecule has 2 aromatic rings. The lowest BCUT2D eigenvalue weighted by Crippen LogP contribution is -2.18. The number of aliphatic hydroxyl groups is 1. The van der Waals surface area contributed by atoms with Crippen LogP contribution in [0.2, 0.25) is 0 Å². The van der Waals surface area contributed by atoms with E-state index < -0.39 is 6.10 Å². The fourth-order valence-corrected chi connectivity index (χ4v) is 2.74. The molecule has 1 N–H and O–H groups in total.